The smallest absolute Gasteiger partial charge is 0.0793 e. The zero-order valence-corrected chi connectivity index (χ0v) is 13.3. The summed E-state index contributed by atoms with van der Waals surface area (Å²) in [5, 5.41) is 10.2. The second-order valence-electron chi connectivity index (χ2n) is 6.57. The van der Waals surface area contributed by atoms with Crippen LogP contribution >= 0.6 is 0 Å². The van der Waals surface area contributed by atoms with Crippen LogP contribution in [0.5, 0.6) is 0 Å². The van der Waals surface area contributed by atoms with Gasteiger partial charge in [0.05, 0.1) is 18.3 Å². The highest BCUT2D eigenvalue weighted by atomic mass is 16.5. The molecule has 3 atom stereocenters. The Kier molecular flexibility index (Phi) is 7.29. The van der Waals surface area contributed by atoms with Crippen LogP contribution < -0.4 is 0 Å². The molecule has 1 fully saturated rings. The van der Waals surface area contributed by atoms with Crippen LogP contribution in [0.2, 0.25) is 0 Å². The van der Waals surface area contributed by atoms with Crippen LogP contribution in [0.4, 0.5) is 0 Å². The summed E-state index contributed by atoms with van der Waals surface area (Å²) < 4.78 is 5.71. The van der Waals surface area contributed by atoms with Gasteiger partial charge in [0.2, 0.25) is 0 Å². The van der Waals surface area contributed by atoms with Crippen LogP contribution in [0.1, 0.15) is 34.1 Å². The molecule has 19 heavy (non-hydrogen) atoms. The fraction of sp³-hybridized carbons (Fsp3) is 1.00. The number of aliphatic hydroxyl groups excluding tert-OH is 1. The fourth-order valence-corrected chi connectivity index (χ4v) is 2.72. The van der Waals surface area contributed by atoms with E-state index in [-0.39, 0.29) is 18.3 Å². The fourth-order valence-electron chi connectivity index (χ4n) is 2.72. The van der Waals surface area contributed by atoms with Gasteiger partial charge in [-0.15, -0.1) is 0 Å². The lowest BCUT2D eigenvalue weighted by Gasteiger charge is -2.36. The maximum absolute atomic E-state index is 10.2. The van der Waals surface area contributed by atoms with Gasteiger partial charge in [-0.3, -0.25) is 4.90 Å². The van der Waals surface area contributed by atoms with Crippen LogP contribution in [0.3, 0.4) is 0 Å². The quantitative estimate of drug-likeness (QED) is 0.761. The highest BCUT2D eigenvalue weighted by molar-refractivity contribution is 4.76. The lowest BCUT2D eigenvalue weighted by Crippen LogP contribution is -2.49. The molecule has 0 spiro atoms. The molecule has 1 saturated heterocycles. The molecule has 1 N–H and O–H groups in total. The first-order valence-electron chi connectivity index (χ1n) is 7.61. The zero-order chi connectivity index (χ0) is 14.4. The van der Waals surface area contributed by atoms with E-state index in [1.54, 1.807) is 0 Å². The van der Waals surface area contributed by atoms with Crippen LogP contribution in [-0.4, -0.2) is 73.0 Å². The summed E-state index contributed by atoms with van der Waals surface area (Å²) in [7, 11) is 2.09. The van der Waals surface area contributed by atoms with Gasteiger partial charge < -0.3 is 14.7 Å². The van der Waals surface area contributed by atoms with Gasteiger partial charge in [-0.05, 0) is 39.8 Å². The number of hydrogen-bond donors (Lipinski definition) is 1. The summed E-state index contributed by atoms with van der Waals surface area (Å²) >= 11 is 0. The molecule has 114 valence electrons. The number of hydrogen-bond acceptors (Lipinski definition) is 4. The molecule has 0 aliphatic carbocycles. The minimum atomic E-state index is -0.269. The van der Waals surface area contributed by atoms with Crippen LogP contribution in [0.15, 0.2) is 0 Å². The van der Waals surface area contributed by atoms with Gasteiger partial charge in [-0.25, -0.2) is 0 Å². The van der Waals surface area contributed by atoms with Crippen molar-refractivity contribution in [3.05, 3.63) is 0 Å². The Labute approximate surface area is 118 Å². The van der Waals surface area contributed by atoms with E-state index in [0.717, 1.165) is 38.6 Å². The van der Waals surface area contributed by atoms with Crippen LogP contribution in [0.25, 0.3) is 0 Å². The van der Waals surface area contributed by atoms with E-state index in [0.29, 0.717) is 0 Å². The Hall–Kier alpha value is -0.160. The molecule has 0 bridgehead atoms. The summed E-state index contributed by atoms with van der Waals surface area (Å²) in [6.07, 6.45) is 1.47. The maximum atomic E-state index is 10.2. The highest BCUT2D eigenvalue weighted by Gasteiger charge is 2.24. The number of rotatable bonds is 7. The van der Waals surface area contributed by atoms with Crippen molar-refractivity contribution in [2.45, 2.75) is 52.4 Å². The second-order valence-corrected chi connectivity index (χ2v) is 6.57. The lowest BCUT2D eigenvalue weighted by molar-refractivity contribution is -0.0777. The molecule has 3 unspecified atom stereocenters. The Morgan fingerprint density at radius 1 is 1.26 bits per heavy atom. The van der Waals surface area contributed by atoms with Gasteiger partial charge >= 0.3 is 0 Å². The summed E-state index contributed by atoms with van der Waals surface area (Å²) in [5.41, 5.74) is 0. The van der Waals surface area contributed by atoms with Crippen molar-refractivity contribution < 1.29 is 9.84 Å². The largest absolute Gasteiger partial charge is 0.390 e. The van der Waals surface area contributed by atoms with Crippen molar-refractivity contribution in [1.82, 2.24) is 9.80 Å². The summed E-state index contributed by atoms with van der Waals surface area (Å²) in [5.74, 6) is 0.723. The van der Waals surface area contributed by atoms with Crippen molar-refractivity contribution in [2.24, 2.45) is 5.92 Å². The van der Waals surface area contributed by atoms with Crippen molar-refractivity contribution in [3.8, 4) is 0 Å². The van der Waals surface area contributed by atoms with Crippen molar-refractivity contribution >= 4 is 0 Å². The van der Waals surface area contributed by atoms with Gasteiger partial charge in [0.1, 0.15) is 0 Å². The van der Waals surface area contributed by atoms with E-state index in [2.05, 4.69) is 44.5 Å². The van der Waals surface area contributed by atoms with E-state index in [1.807, 2.05) is 0 Å². The molecule has 0 aromatic rings. The third-order valence-corrected chi connectivity index (χ3v) is 3.57. The molecule has 0 amide bonds. The van der Waals surface area contributed by atoms with E-state index in [9.17, 15) is 5.11 Å². The Morgan fingerprint density at radius 2 is 1.84 bits per heavy atom. The molecule has 0 aromatic carbocycles. The first-order chi connectivity index (χ1) is 8.86. The maximum Gasteiger partial charge on any atom is 0.0793 e. The van der Waals surface area contributed by atoms with E-state index in [4.69, 9.17) is 4.74 Å². The Bertz CT molecular complexity index is 238. The number of nitrogens with zero attached hydrogens (tertiary/aromatic N) is 2. The number of ether oxygens (including phenoxy) is 1. The average Bonchev–Trinajstić information content (AvgIpc) is 2.24. The van der Waals surface area contributed by atoms with Gasteiger partial charge in [-0.2, -0.15) is 0 Å². The highest BCUT2D eigenvalue weighted by Crippen LogP contribution is 2.11. The van der Waals surface area contributed by atoms with Crippen LogP contribution in [0, 0.1) is 5.92 Å². The molecule has 0 radical (unpaired) electrons. The number of morpholine rings is 1. The lowest BCUT2D eigenvalue weighted by atomic mass is 10.1. The summed E-state index contributed by atoms with van der Waals surface area (Å²) in [6, 6.07) is 0. The summed E-state index contributed by atoms with van der Waals surface area (Å²) in [4.78, 5) is 4.55. The first-order valence-corrected chi connectivity index (χ1v) is 7.61. The minimum Gasteiger partial charge on any atom is -0.390 e. The molecule has 1 aliphatic heterocycles. The van der Waals surface area contributed by atoms with Crippen LogP contribution in [-0.2, 0) is 4.74 Å². The van der Waals surface area contributed by atoms with Gasteiger partial charge in [0.25, 0.3) is 0 Å². The third kappa shape index (κ3) is 7.25. The number of likely N-dealkylation sites (N-methyl/N-ethyl adjacent to an activating group) is 1. The molecule has 0 saturated carbocycles. The topological polar surface area (TPSA) is 35.9 Å². The molecule has 1 rings (SSSR count). The molecule has 4 heteroatoms. The molecular formula is C15H32N2O2. The standard InChI is InChI=1S/C15H32N2O2/c1-12(2)6-7-16(5)10-15(18)11-17-8-13(3)19-14(4)9-17/h12-15,18H,6-11H2,1-5H3. The Balaban J connectivity index is 2.24. The number of β-amino-alcohol motifs (C(OH)–C–C–N with tert-alkyl or cyclic N) is 1. The predicted octanol–water partition coefficient (Wildman–Crippen LogP) is 1.43. The monoisotopic (exact) mass is 272 g/mol. The summed E-state index contributed by atoms with van der Waals surface area (Å²) in [6.45, 7) is 13.1. The van der Waals surface area contributed by atoms with Gasteiger partial charge in [0.15, 0.2) is 0 Å². The molecule has 4 nitrogen and oxygen atoms in total. The molecule has 1 heterocycles. The normalized spacial score (nSPS) is 27.2. The zero-order valence-electron chi connectivity index (χ0n) is 13.3. The van der Waals surface area contributed by atoms with Gasteiger partial charge in [-0.1, -0.05) is 13.8 Å². The third-order valence-electron chi connectivity index (χ3n) is 3.57. The van der Waals surface area contributed by atoms with E-state index >= 15 is 0 Å². The predicted molar refractivity (Wildman–Crippen MR) is 79.4 cm³/mol. The first kappa shape index (κ1) is 16.9. The van der Waals surface area contributed by atoms with Crippen molar-refractivity contribution in [2.75, 3.05) is 39.8 Å². The minimum absolute atomic E-state index is 0.269. The van der Waals surface area contributed by atoms with Crippen molar-refractivity contribution in [3.63, 3.8) is 0 Å². The van der Waals surface area contributed by atoms with E-state index < -0.39 is 0 Å². The van der Waals surface area contributed by atoms with E-state index in [1.165, 1.54) is 6.42 Å². The molecule has 1 aliphatic rings. The number of aliphatic hydroxyl groups is 1. The molecular weight excluding hydrogens is 240 g/mol. The average molecular weight is 272 g/mol. The second kappa shape index (κ2) is 8.20. The van der Waals surface area contributed by atoms with Gasteiger partial charge in [0, 0.05) is 26.2 Å². The Morgan fingerprint density at radius 3 is 2.37 bits per heavy atom. The molecule has 0 aromatic heterocycles. The van der Waals surface area contributed by atoms with Crippen molar-refractivity contribution in [1.29, 1.82) is 0 Å². The SMILES string of the molecule is CC(C)CCN(C)CC(O)CN1CC(C)OC(C)C1.